The number of likely N-dealkylation sites (N-methyl/N-ethyl adjacent to an activating group) is 1. The number of carbonyl (C=O) groups excluding carboxylic acids is 1. The SMILES string of the molecule is CC1=CCCC=C1NC(=O)NC1CCN(C)C1. The quantitative estimate of drug-likeness (QED) is 0.764. The molecule has 1 aliphatic carbocycles. The second-order valence-corrected chi connectivity index (χ2v) is 4.93. The van der Waals surface area contributed by atoms with Crippen molar-refractivity contribution >= 4 is 6.03 Å². The third kappa shape index (κ3) is 3.33. The summed E-state index contributed by atoms with van der Waals surface area (Å²) in [6, 6.07) is 0.208. The van der Waals surface area contributed by atoms with Gasteiger partial charge >= 0.3 is 6.03 Å². The lowest BCUT2D eigenvalue weighted by Crippen LogP contribution is -2.43. The molecule has 1 atom stereocenters. The first-order valence-electron chi connectivity index (χ1n) is 6.28. The number of carbonyl (C=O) groups is 1. The molecular formula is C13H21N3O. The third-order valence-corrected chi connectivity index (χ3v) is 3.37. The van der Waals surface area contributed by atoms with Crippen LogP contribution in [0, 0.1) is 0 Å². The molecule has 0 bridgehead atoms. The molecule has 1 aliphatic heterocycles. The van der Waals surface area contributed by atoms with Crippen LogP contribution < -0.4 is 10.6 Å². The topological polar surface area (TPSA) is 44.4 Å². The normalized spacial score (nSPS) is 25.2. The summed E-state index contributed by atoms with van der Waals surface area (Å²) in [6.07, 6.45) is 7.39. The lowest BCUT2D eigenvalue weighted by molar-refractivity contribution is 0.239. The molecular weight excluding hydrogens is 214 g/mol. The monoisotopic (exact) mass is 235 g/mol. The Morgan fingerprint density at radius 1 is 1.41 bits per heavy atom. The number of urea groups is 1. The molecule has 2 rings (SSSR count). The van der Waals surface area contributed by atoms with Gasteiger partial charge in [-0.15, -0.1) is 0 Å². The molecule has 4 nitrogen and oxygen atoms in total. The Balaban J connectivity index is 1.81. The van der Waals surface area contributed by atoms with E-state index < -0.39 is 0 Å². The first-order chi connectivity index (χ1) is 8.15. The van der Waals surface area contributed by atoms with E-state index in [4.69, 9.17) is 0 Å². The molecule has 2 aliphatic rings. The summed E-state index contributed by atoms with van der Waals surface area (Å²) in [5.41, 5.74) is 2.12. The Morgan fingerprint density at radius 3 is 2.82 bits per heavy atom. The zero-order valence-electron chi connectivity index (χ0n) is 10.6. The standard InChI is InChI=1S/C13H21N3O/c1-10-5-3-4-6-12(10)15-13(17)14-11-7-8-16(2)9-11/h5-6,11H,3-4,7-9H2,1-2H3,(H2,14,15,17). The third-order valence-electron chi connectivity index (χ3n) is 3.37. The molecule has 0 saturated carbocycles. The van der Waals surface area contributed by atoms with Crippen LogP contribution in [0.1, 0.15) is 26.2 Å². The van der Waals surface area contributed by atoms with E-state index in [1.165, 1.54) is 0 Å². The lowest BCUT2D eigenvalue weighted by Gasteiger charge is -2.17. The van der Waals surface area contributed by atoms with Gasteiger partial charge in [-0.1, -0.05) is 12.2 Å². The second-order valence-electron chi connectivity index (χ2n) is 4.93. The van der Waals surface area contributed by atoms with Crippen LogP contribution in [0.4, 0.5) is 4.79 Å². The molecule has 2 N–H and O–H groups in total. The van der Waals surface area contributed by atoms with Crippen molar-refractivity contribution in [2.45, 2.75) is 32.2 Å². The van der Waals surface area contributed by atoms with Crippen molar-refractivity contribution in [1.82, 2.24) is 15.5 Å². The summed E-state index contributed by atoms with van der Waals surface area (Å²) in [6.45, 7) is 4.04. The predicted molar refractivity (Wildman–Crippen MR) is 68.6 cm³/mol. The number of hydrogen-bond acceptors (Lipinski definition) is 2. The molecule has 2 amide bonds. The smallest absolute Gasteiger partial charge is 0.319 e. The summed E-state index contributed by atoms with van der Waals surface area (Å²) in [5.74, 6) is 0. The van der Waals surface area contributed by atoms with Crippen LogP contribution in [0.15, 0.2) is 23.4 Å². The van der Waals surface area contributed by atoms with E-state index in [0.29, 0.717) is 0 Å². The Morgan fingerprint density at radius 2 is 2.18 bits per heavy atom. The Labute approximate surface area is 103 Å². The number of rotatable bonds is 2. The molecule has 0 aromatic rings. The van der Waals surface area contributed by atoms with Gasteiger partial charge in [-0.3, -0.25) is 0 Å². The number of nitrogens with one attached hydrogen (secondary N) is 2. The zero-order valence-corrected chi connectivity index (χ0v) is 10.6. The molecule has 0 aromatic heterocycles. The molecule has 1 fully saturated rings. The number of likely N-dealkylation sites (tertiary alicyclic amines) is 1. The fourth-order valence-electron chi connectivity index (χ4n) is 2.34. The largest absolute Gasteiger partial charge is 0.334 e. The maximum absolute atomic E-state index is 11.8. The highest BCUT2D eigenvalue weighted by molar-refractivity contribution is 5.77. The Bertz CT molecular complexity index is 360. The van der Waals surface area contributed by atoms with Crippen molar-refractivity contribution in [2.75, 3.05) is 20.1 Å². The number of hydrogen-bond donors (Lipinski definition) is 2. The van der Waals surface area contributed by atoms with Gasteiger partial charge < -0.3 is 15.5 Å². The van der Waals surface area contributed by atoms with Crippen LogP contribution in [-0.4, -0.2) is 37.1 Å². The minimum Gasteiger partial charge on any atom is -0.334 e. The van der Waals surface area contributed by atoms with Crippen molar-refractivity contribution in [2.24, 2.45) is 0 Å². The predicted octanol–water partition coefficient (Wildman–Crippen LogP) is 1.61. The van der Waals surface area contributed by atoms with Crippen LogP contribution in [0.2, 0.25) is 0 Å². The van der Waals surface area contributed by atoms with Gasteiger partial charge in [0, 0.05) is 18.3 Å². The highest BCUT2D eigenvalue weighted by atomic mass is 16.2. The van der Waals surface area contributed by atoms with E-state index in [0.717, 1.165) is 43.6 Å². The van der Waals surface area contributed by atoms with Crippen LogP contribution in [0.5, 0.6) is 0 Å². The summed E-state index contributed by atoms with van der Waals surface area (Å²) in [4.78, 5) is 14.0. The van der Waals surface area contributed by atoms with Crippen molar-refractivity contribution in [3.8, 4) is 0 Å². The molecule has 0 spiro atoms. The van der Waals surface area contributed by atoms with Gasteiger partial charge in [-0.05, 0) is 45.4 Å². The van der Waals surface area contributed by atoms with Gasteiger partial charge in [0.1, 0.15) is 0 Å². The highest BCUT2D eigenvalue weighted by Crippen LogP contribution is 2.15. The van der Waals surface area contributed by atoms with E-state index in [1.807, 2.05) is 6.92 Å². The van der Waals surface area contributed by atoms with E-state index >= 15 is 0 Å². The van der Waals surface area contributed by atoms with Crippen molar-refractivity contribution in [3.05, 3.63) is 23.4 Å². The fourth-order valence-corrected chi connectivity index (χ4v) is 2.34. The van der Waals surface area contributed by atoms with Crippen LogP contribution >= 0.6 is 0 Å². The second kappa shape index (κ2) is 5.36. The average Bonchev–Trinajstić information content (AvgIpc) is 2.67. The van der Waals surface area contributed by atoms with Gasteiger partial charge in [-0.25, -0.2) is 4.79 Å². The molecule has 4 heteroatoms. The Kier molecular flexibility index (Phi) is 3.84. The first-order valence-corrected chi connectivity index (χ1v) is 6.28. The maximum Gasteiger partial charge on any atom is 0.319 e. The molecule has 94 valence electrons. The minimum absolute atomic E-state index is 0.0776. The fraction of sp³-hybridized carbons (Fsp3) is 0.615. The maximum atomic E-state index is 11.8. The summed E-state index contributed by atoms with van der Waals surface area (Å²) in [7, 11) is 2.08. The summed E-state index contributed by atoms with van der Waals surface area (Å²) >= 11 is 0. The van der Waals surface area contributed by atoms with Crippen molar-refractivity contribution in [3.63, 3.8) is 0 Å². The van der Waals surface area contributed by atoms with Gasteiger partial charge in [-0.2, -0.15) is 0 Å². The van der Waals surface area contributed by atoms with Crippen LogP contribution in [0.25, 0.3) is 0 Å². The van der Waals surface area contributed by atoms with Crippen LogP contribution in [0.3, 0.4) is 0 Å². The molecule has 0 radical (unpaired) electrons. The van der Waals surface area contributed by atoms with Crippen LogP contribution in [-0.2, 0) is 0 Å². The average molecular weight is 235 g/mol. The molecule has 1 saturated heterocycles. The van der Waals surface area contributed by atoms with Gasteiger partial charge in [0.2, 0.25) is 0 Å². The molecule has 17 heavy (non-hydrogen) atoms. The van der Waals surface area contributed by atoms with E-state index in [1.54, 1.807) is 0 Å². The number of nitrogens with zero attached hydrogens (tertiary/aromatic N) is 1. The lowest BCUT2D eigenvalue weighted by atomic mass is 10.1. The molecule has 1 unspecified atom stereocenters. The first kappa shape index (κ1) is 12.2. The van der Waals surface area contributed by atoms with Gasteiger partial charge in [0.05, 0.1) is 0 Å². The van der Waals surface area contributed by atoms with Gasteiger partial charge in [0.25, 0.3) is 0 Å². The molecule has 0 aromatic carbocycles. The highest BCUT2D eigenvalue weighted by Gasteiger charge is 2.21. The zero-order chi connectivity index (χ0) is 12.3. The summed E-state index contributed by atoms with van der Waals surface area (Å²) in [5, 5.41) is 5.95. The van der Waals surface area contributed by atoms with E-state index in [9.17, 15) is 4.79 Å². The van der Waals surface area contributed by atoms with Gasteiger partial charge in [0.15, 0.2) is 0 Å². The number of amides is 2. The van der Waals surface area contributed by atoms with Crippen molar-refractivity contribution < 1.29 is 4.79 Å². The number of allylic oxidation sites excluding steroid dienone is 3. The van der Waals surface area contributed by atoms with E-state index in [-0.39, 0.29) is 12.1 Å². The Hall–Kier alpha value is -1.29. The minimum atomic E-state index is -0.0776. The van der Waals surface area contributed by atoms with E-state index in [2.05, 4.69) is 34.7 Å². The van der Waals surface area contributed by atoms with Crippen molar-refractivity contribution in [1.29, 1.82) is 0 Å². The summed E-state index contributed by atoms with van der Waals surface area (Å²) < 4.78 is 0. The molecule has 1 heterocycles.